The SMILES string of the molecule is CCC(=O)OC1C=CC2OC2CC(C)OC(=O)CC(OC(=O)CC)C(OC)C(OC2OC(C)C(OC3CC(C)(O)C(OC(=O)CC)C(C)O3)C(N(C)C)C2O)C(CCO)CC1C. The summed E-state index contributed by atoms with van der Waals surface area (Å²) in [5.41, 5.74) is -1.50. The zero-order valence-electron chi connectivity index (χ0n) is 38.3. The van der Waals surface area contributed by atoms with E-state index in [0.717, 1.165) is 0 Å². The molecule has 0 aliphatic carbocycles. The second-order valence-electron chi connectivity index (χ2n) is 17.6. The first-order chi connectivity index (χ1) is 29.3. The number of carbonyl (C=O) groups is 4. The number of cyclic esters (lactones) is 1. The average molecular weight is 888 g/mol. The molecule has 18 heteroatoms. The molecule has 4 aliphatic rings. The van der Waals surface area contributed by atoms with Crippen LogP contribution in [0, 0.1) is 11.8 Å². The number of methoxy groups -OCH3 is 1. The maximum Gasteiger partial charge on any atom is 0.309 e. The van der Waals surface area contributed by atoms with Gasteiger partial charge in [0, 0.05) is 45.8 Å². The first-order valence-corrected chi connectivity index (χ1v) is 22.2. The predicted molar refractivity (Wildman–Crippen MR) is 220 cm³/mol. The van der Waals surface area contributed by atoms with Gasteiger partial charge in [-0.1, -0.05) is 33.8 Å². The molecule has 0 bridgehead atoms. The fourth-order valence-electron chi connectivity index (χ4n) is 8.83. The molecule has 356 valence electrons. The molecule has 3 N–H and O–H groups in total. The highest BCUT2D eigenvalue weighted by molar-refractivity contribution is 5.73. The number of ether oxygens (including phenoxy) is 10. The number of carbonyl (C=O) groups excluding carboxylic acids is 4. The maximum absolute atomic E-state index is 13.5. The molecule has 4 heterocycles. The molecule has 18 unspecified atom stereocenters. The number of hydrogen-bond donors (Lipinski definition) is 3. The highest BCUT2D eigenvalue weighted by atomic mass is 16.7. The van der Waals surface area contributed by atoms with Crippen molar-refractivity contribution in [2.24, 2.45) is 11.8 Å². The van der Waals surface area contributed by atoms with E-state index < -0.39 is 121 Å². The summed E-state index contributed by atoms with van der Waals surface area (Å²) in [6.45, 7) is 13.3. The van der Waals surface area contributed by atoms with Crippen LogP contribution in [0.25, 0.3) is 0 Å². The Morgan fingerprint density at radius 3 is 2.10 bits per heavy atom. The molecule has 3 fully saturated rings. The van der Waals surface area contributed by atoms with Crippen LogP contribution in [-0.2, 0) is 66.5 Å². The van der Waals surface area contributed by atoms with E-state index in [4.69, 9.17) is 47.4 Å². The molecule has 0 radical (unpaired) electrons. The molecule has 0 spiro atoms. The van der Waals surface area contributed by atoms with Crippen molar-refractivity contribution in [3.05, 3.63) is 12.2 Å². The Bertz CT molecular complexity index is 1490. The van der Waals surface area contributed by atoms with E-state index in [9.17, 15) is 34.5 Å². The van der Waals surface area contributed by atoms with Gasteiger partial charge in [0.1, 0.15) is 48.3 Å². The molecule has 0 aromatic rings. The van der Waals surface area contributed by atoms with Gasteiger partial charge in [-0.15, -0.1) is 0 Å². The lowest BCUT2D eigenvalue weighted by atomic mass is 9.82. The minimum absolute atomic E-state index is 0.00440. The molecule has 4 rings (SSSR count). The van der Waals surface area contributed by atoms with Crippen LogP contribution in [0.15, 0.2) is 12.2 Å². The molecule has 4 aliphatic heterocycles. The molecule has 0 saturated carbocycles. The zero-order chi connectivity index (χ0) is 46.1. The number of epoxide rings is 1. The normalized spacial score (nSPS) is 40.8. The van der Waals surface area contributed by atoms with E-state index in [0.29, 0.717) is 6.42 Å². The molecular formula is C44H73NO17. The van der Waals surface area contributed by atoms with Crippen molar-refractivity contribution in [3.8, 4) is 0 Å². The number of rotatable bonds is 14. The highest BCUT2D eigenvalue weighted by Crippen LogP contribution is 2.38. The van der Waals surface area contributed by atoms with Crippen LogP contribution < -0.4 is 0 Å². The standard InChI is InChI=1S/C44H73NO17/c1-12-32(47)58-28-15-16-29-30(57-29)20-24(5)54-35(50)21-31(59-33(48)13-2)41(53-11)40(27(17-18-46)19-23(28)4)62-43-38(51)37(45(9)10)39(25(6)56-43)61-36-22-44(8,52)42(26(7)55-36)60-34(49)14-3/h15-16,23-31,36-43,46,51-52H,12-14,17-22H2,1-11H3. The Balaban J connectivity index is 1.71. The van der Waals surface area contributed by atoms with E-state index in [1.165, 1.54) is 7.11 Å². The van der Waals surface area contributed by atoms with E-state index in [1.807, 2.05) is 13.0 Å². The summed E-state index contributed by atoms with van der Waals surface area (Å²) in [7, 11) is 4.90. The van der Waals surface area contributed by atoms with E-state index in [1.54, 1.807) is 73.5 Å². The first-order valence-electron chi connectivity index (χ1n) is 22.2. The smallest absolute Gasteiger partial charge is 0.309 e. The number of nitrogens with zero attached hydrogens (tertiary/aromatic N) is 1. The summed E-state index contributed by atoms with van der Waals surface area (Å²) in [6, 6.07) is -0.785. The monoisotopic (exact) mass is 887 g/mol. The highest BCUT2D eigenvalue weighted by Gasteiger charge is 2.53. The number of fused-ring (bicyclic) bond motifs is 1. The topological polar surface area (TPSA) is 228 Å². The minimum atomic E-state index is -1.50. The van der Waals surface area contributed by atoms with E-state index in [2.05, 4.69) is 0 Å². The summed E-state index contributed by atoms with van der Waals surface area (Å²) >= 11 is 0. The molecule has 0 amide bonds. The summed E-state index contributed by atoms with van der Waals surface area (Å²) in [4.78, 5) is 53.2. The Morgan fingerprint density at radius 1 is 0.855 bits per heavy atom. The number of hydrogen-bond acceptors (Lipinski definition) is 18. The van der Waals surface area contributed by atoms with Gasteiger partial charge in [0.15, 0.2) is 18.7 Å². The van der Waals surface area contributed by atoms with Gasteiger partial charge in [0.25, 0.3) is 0 Å². The molecule has 62 heavy (non-hydrogen) atoms. The Hall–Kier alpha value is -2.78. The second kappa shape index (κ2) is 23.4. The van der Waals surface area contributed by atoms with Crippen molar-refractivity contribution in [1.82, 2.24) is 4.90 Å². The predicted octanol–water partition coefficient (Wildman–Crippen LogP) is 2.73. The molecular weight excluding hydrogens is 814 g/mol. The van der Waals surface area contributed by atoms with E-state index in [-0.39, 0.29) is 63.3 Å². The number of esters is 4. The van der Waals surface area contributed by atoms with Gasteiger partial charge in [-0.25, -0.2) is 0 Å². The lowest BCUT2D eigenvalue weighted by molar-refractivity contribution is -0.344. The third-order valence-corrected chi connectivity index (χ3v) is 12.2. The Labute approximate surface area is 366 Å². The third kappa shape index (κ3) is 13.9. The summed E-state index contributed by atoms with van der Waals surface area (Å²) in [5.74, 6) is -3.12. The van der Waals surface area contributed by atoms with Crippen LogP contribution in [0.2, 0.25) is 0 Å². The van der Waals surface area contributed by atoms with Crippen molar-refractivity contribution in [2.75, 3.05) is 27.8 Å². The molecule has 0 aromatic carbocycles. The van der Waals surface area contributed by atoms with Gasteiger partial charge in [-0.3, -0.25) is 19.2 Å². The van der Waals surface area contributed by atoms with Crippen molar-refractivity contribution >= 4 is 23.9 Å². The van der Waals surface area contributed by atoms with Crippen molar-refractivity contribution in [3.63, 3.8) is 0 Å². The second-order valence-corrected chi connectivity index (χ2v) is 17.6. The van der Waals surface area contributed by atoms with Crippen LogP contribution in [0.3, 0.4) is 0 Å². The van der Waals surface area contributed by atoms with Gasteiger partial charge < -0.3 is 67.6 Å². The van der Waals surface area contributed by atoms with Gasteiger partial charge in [0.05, 0.1) is 36.9 Å². The largest absolute Gasteiger partial charge is 0.462 e. The third-order valence-electron chi connectivity index (χ3n) is 12.2. The van der Waals surface area contributed by atoms with Crippen LogP contribution in [0.4, 0.5) is 0 Å². The fourth-order valence-corrected chi connectivity index (χ4v) is 8.83. The summed E-state index contributed by atoms with van der Waals surface area (Å²) in [6.07, 6.45) is -7.97. The van der Waals surface area contributed by atoms with Crippen molar-refractivity contribution in [2.45, 2.75) is 204 Å². The summed E-state index contributed by atoms with van der Waals surface area (Å²) in [5, 5.41) is 34.1. The molecule has 3 saturated heterocycles. The van der Waals surface area contributed by atoms with Gasteiger partial charge in [0.2, 0.25) is 0 Å². The molecule has 18 nitrogen and oxygen atoms in total. The molecule has 0 aromatic heterocycles. The first kappa shape index (κ1) is 51.9. The van der Waals surface area contributed by atoms with Crippen LogP contribution in [0.5, 0.6) is 0 Å². The van der Waals surface area contributed by atoms with Gasteiger partial charge >= 0.3 is 23.9 Å². The maximum atomic E-state index is 13.5. The van der Waals surface area contributed by atoms with Crippen molar-refractivity contribution < 1.29 is 81.9 Å². The quantitative estimate of drug-likeness (QED) is 0.0986. The summed E-state index contributed by atoms with van der Waals surface area (Å²) < 4.78 is 60.9. The van der Waals surface area contributed by atoms with Crippen LogP contribution in [-0.4, -0.2) is 169 Å². The van der Waals surface area contributed by atoms with Crippen LogP contribution >= 0.6 is 0 Å². The number of aliphatic hydroxyl groups excluding tert-OH is 2. The van der Waals surface area contributed by atoms with E-state index >= 15 is 0 Å². The minimum Gasteiger partial charge on any atom is -0.462 e. The van der Waals surface area contributed by atoms with Gasteiger partial charge in [-0.2, -0.15) is 0 Å². The Morgan fingerprint density at radius 2 is 1.50 bits per heavy atom. The van der Waals surface area contributed by atoms with Gasteiger partial charge in [-0.05, 0) is 72.5 Å². The van der Waals surface area contributed by atoms with Crippen LogP contribution in [0.1, 0.15) is 107 Å². The average Bonchev–Trinajstić information content (AvgIpc) is 3.94. The zero-order valence-corrected chi connectivity index (χ0v) is 38.3. The number of likely N-dealkylation sites (N-methyl/N-ethyl adjacent to an activating group) is 1. The lowest BCUT2D eigenvalue weighted by Crippen LogP contribution is -2.66. The Kier molecular flexibility index (Phi) is 19.6. The molecule has 18 atom stereocenters. The lowest BCUT2D eigenvalue weighted by Gasteiger charge is -2.50. The number of aliphatic hydroxyl groups is 3. The van der Waals surface area contributed by atoms with Crippen molar-refractivity contribution in [1.29, 1.82) is 0 Å². The fraction of sp³-hybridized carbons (Fsp3) is 0.864.